The van der Waals surface area contributed by atoms with Gasteiger partial charge in [-0.25, -0.2) is 4.79 Å². The summed E-state index contributed by atoms with van der Waals surface area (Å²) in [5.41, 5.74) is 1.10. The van der Waals surface area contributed by atoms with E-state index in [1.54, 1.807) is 0 Å². The van der Waals surface area contributed by atoms with Crippen LogP contribution in [0.15, 0.2) is 30.3 Å². The molecule has 2 fully saturated rings. The predicted molar refractivity (Wildman–Crippen MR) is 91.7 cm³/mol. The molecular formula is C19H26N2O3. The highest BCUT2D eigenvalue weighted by atomic mass is 16.4. The second kappa shape index (κ2) is 7.69. The molecule has 2 bridgehead atoms. The van der Waals surface area contributed by atoms with Crippen LogP contribution in [0.3, 0.4) is 0 Å². The summed E-state index contributed by atoms with van der Waals surface area (Å²) in [4.78, 5) is 23.2. The third-order valence-corrected chi connectivity index (χ3v) is 5.42. The number of carbonyl (C=O) groups excluding carboxylic acids is 1. The number of fused-ring (bicyclic) bond motifs is 2. The molecule has 0 saturated heterocycles. The van der Waals surface area contributed by atoms with Crippen LogP contribution in [0.4, 0.5) is 4.79 Å². The Hall–Kier alpha value is -2.04. The molecule has 3 N–H and O–H groups in total. The molecule has 0 spiro atoms. The minimum Gasteiger partial charge on any atom is -0.481 e. The summed E-state index contributed by atoms with van der Waals surface area (Å²) < 4.78 is 0. The summed E-state index contributed by atoms with van der Waals surface area (Å²) in [6.07, 6.45) is 6.02. The van der Waals surface area contributed by atoms with Gasteiger partial charge < -0.3 is 15.7 Å². The zero-order valence-corrected chi connectivity index (χ0v) is 13.9. The van der Waals surface area contributed by atoms with E-state index in [1.165, 1.54) is 19.3 Å². The van der Waals surface area contributed by atoms with Crippen molar-refractivity contribution >= 4 is 12.0 Å². The lowest BCUT2D eigenvalue weighted by molar-refractivity contribution is -0.137. The van der Waals surface area contributed by atoms with Crippen molar-refractivity contribution in [2.45, 2.75) is 57.0 Å². The average Bonchev–Trinajstić information content (AvgIpc) is 3.16. The molecule has 0 aromatic heterocycles. The first-order valence-electron chi connectivity index (χ1n) is 8.93. The van der Waals surface area contributed by atoms with Crippen molar-refractivity contribution in [2.24, 2.45) is 11.8 Å². The van der Waals surface area contributed by atoms with Crippen LogP contribution in [-0.4, -0.2) is 29.2 Å². The molecule has 24 heavy (non-hydrogen) atoms. The van der Waals surface area contributed by atoms with Gasteiger partial charge in [-0.15, -0.1) is 0 Å². The summed E-state index contributed by atoms with van der Waals surface area (Å²) in [7, 11) is 0. The maximum Gasteiger partial charge on any atom is 0.315 e. The fourth-order valence-electron chi connectivity index (χ4n) is 4.24. The maximum absolute atomic E-state index is 12.4. The second-order valence-electron chi connectivity index (χ2n) is 7.22. The smallest absolute Gasteiger partial charge is 0.315 e. The Morgan fingerprint density at radius 3 is 2.58 bits per heavy atom. The summed E-state index contributed by atoms with van der Waals surface area (Å²) in [6.45, 7) is 0. The average molecular weight is 330 g/mol. The molecule has 0 heterocycles. The molecule has 4 unspecified atom stereocenters. The molecular weight excluding hydrogens is 304 g/mol. The van der Waals surface area contributed by atoms with Crippen LogP contribution in [-0.2, 0) is 11.2 Å². The summed E-state index contributed by atoms with van der Waals surface area (Å²) in [5.74, 6) is 0.586. The third-order valence-electron chi connectivity index (χ3n) is 5.42. The highest BCUT2D eigenvalue weighted by Crippen LogP contribution is 2.44. The Balaban J connectivity index is 1.53. The molecule has 5 heteroatoms. The lowest BCUT2D eigenvalue weighted by Gasteiger charge is -2.25. The van der Waals surface area contributed by atoms with Crippen LogP contribution in [0.5, 0.6) is 0 Å². The van der Waals surface area contributed by atoms with Crippen molar-refractivity contribution in [1.29, 1.82) is 0 Å². The molecule has 2 aliphatic rings. The van der Waals surface area contributed by atoms with Crippen LogP contribution in [0.1, 0.15) is 44.1 Å². The molecule has 0 aliphatic heterocycles. The van der Waals surface area contributed by atoms with E-state index in [0.717, 1.165) is 17.9 Å². The number of urea groups is 1. The van der Waals surface area contributed by atoms with E-state index < -0.39 is 5.97 Å². The van der Waals surface area contributed by atoms with E-state index in [4.69, 9.17) is 5.11 Å². The molecule has 5 nitrogen and oxygen atoms in total. The Labute approximate surface area is 142 Å². The van der Waals surface area contributed by atoms with E-state index in [1.807, 2.05) is 30.3 Å². The molecule has 2 amide bonds. The molecule has 2 aliphatic carbocycles. The summed E-state index contributed by atoms with van der Waals surface area (Å²) in [6, 6.07) is 9.84. The lowest BCUT2D eigenvalue weighted by atomic mass is 9.95. The third kappa shape index (κ3) is 4.49. The normalized spacial score (nSPS) is 26.1. The number of carboxylic acid groups (broad SMARTS) is 1. The standard InChI is InChI=1S/C19H26N2O3/c22-18(23)9-8-16(11-13-4-2-1-3-5-13)20-19(24)21-17-12-14-6-7-15(17)10-14/h1-5,14-17H,6-12H2,(H,22,23)(H2,20,21,24). The topological polar surface area (TPSA) is 78.4 Å². The van der Waals surface area contributed by atoms with Gasteiger partial charge in [-0.1, -0.05) is 36.8 Å². The first kappa shape index (κ1) is 16.8. The minimum absolute atomic E-state index is 0.0614. The fourth-order valence-corrected chi connectivity index (χ4v) is 4.24. The first-order valence-corrected chi connectivity index (χ1v) is 8.93. The van der Waals surface area contributed by atoms with Gasteiger partial charge in [-0.05, 0) is 49.5 Å². The Kier molecular flexibility index (Phi) is 5.38. The van der Waals surface area contributed by atoms with Crippen molar-refractivity contribution in [2.75, 3.05) is 0 Å². The van der Waals surface area contributed by atoms with Crippen LogP contribution < -0.4 is 10.6 Å². The van der Waals surface area contributed by atoms with Crippen LogP contribution in [0.2, 0.25) is 0 Å². The van der Waals surface area contributed by atoms with E-state index in [9.17, 15) is 9.59 Å². The van der Waals surface area contributed by atoms with Gasteiger partial charge in [0.2, 0.25) is 0 Å². The molecule has 3 rings (SSSR count). The Morgan fingerprint density at radius 1 is 1.17 bits per heavy atom. The van der Waals surface area contributed by atoms with E-state index in [-0.39, 0.29) is 18.5 Å². The number of rotatable bonds is 7. The predicted octanol–water partition coefficient (Wildman–Crippen LogP) is 2.95. The number of hydrogen-bond donors (Lipinski definition) is 3. The zero-order chi connectivity index (χ0) is 16.9. The number of aliphatic carboxylic acids is 1. The number of nitrogens with one attached hydrogen (secondary N) is 2. The second-order valence-corrected chi connectivity index (χ2v) is 7.22. The van der Waals surface area contributed by atoms with Crippen LogP contribution in [0, 0.1) is 11.8 Å². The molecule has 1 aromatic carbocycles. The highest BCUT2D eigenvalue weighted by Gasteiger charge is 2.40. The van der Waals surface area contributed by atoms with Crippen LogP contribution in [0.25, 0.3) is 0 Å². The maximum atomic E-state index is 12.4. The van der Waals surface area contributed by atoms with Crippen LogP contribution >= 0.6 is 0 Å². The van der Waals surface area contributed by atoms with Gasteiger partial charge in [0.1, 0.15) is 0 Å². The van der Waals surface area contributed by atoms with Gasteiger partial charge in [0, 0.05) is 18.5 Å². The van der Waals surface area contributed by atoms with Crippen molar-refractivity contribution in [3.05, 3.63) is 35.9 Å². The minimum atomic E-state index is -0.830. The largest absolute Gasteiger partial charge is 0.481 e. The van der Waals surface area contributed by atoms with Gasteiger partial charge >= 0.3 is 12.0 Å². The van der Waals surface area contributed by atoms with E-state index in [0.29, 0.717) is 24.8 Å². The molecule has 2 saturated carbocycles. The van der Waals surface area contributed by atoms with Gasteiger partial charge in [0.15, 0.2) is 0 Å². The number of carboxylic acids is 1. The molecule has 1 aromatic rings. The zero-order valence-electron chi connectivity index (χ0n) is 13.9. The summed E-state index contributed by atoms with van der Waals surface area (Å²) in [5, 5.41) is 15.0. The number of benzene rings is 1. The van der Waals surface area contributed by atoms with Gasteiger partial charge in [-0.2, -0.15) is 0 Å². The van der Waals surface area contributed by atoms with Crippen molar-refractivity contribution < 1.29 is 14.7 Å². The summed E-state index contributed by atoms with van der Waals surface area (Å²) >= 11 is 0. The first-order chi connectivity index (χ1) is 11.6. The number of carbonyl (C=O) groups is 2. The van der Waals surface area contributed by atoms with Crippen molar-refractivity contribution in [3.63, 3.8) is 0 Å². The van der Waals surface area contributed by atoms with Gasteiger partial charge in [-0.3, -0.25) is 4.79 Å². The molecule has 130 valence electrons. The number of hydrogen-bond acceptors (Lipinski definition) is 2. The fraction of sp³-hybridized carbons (Fsp3) is 0.579. The SMILES string of the molecule is O=C(O)CCC(Cc1ccccc1)NC(=O)NC1CC2CCC1C2. The van der Waals surface area contributed by atoms with E-state index >= 15 is 0 Å². The lowest BCUT2D eigenvalue weighted by Crippen LogP contribution is -2.48. The number of amides is 2. The Morgan fingerprint density at radius 2 is 1.96 bits per heavy atom. The van der Waals surface area contributed by atoms with Gasteiger partial charge in [0.05, 0.1) is 0 Å². The molecule has 4 atom stereocenters. The van der Waals surface area contributed by atoms with E-state index in [2.05, 4.69) is 10.6 Å². The van der Waals surface area contributed by atoms with Gasteiger partial charge in [0.25, 0.3) is 0 Å². The molecule has 0 radical (unpaired) electrons. The Bertz CT molecular complexity index is 575. The van der Waals surface area contributed by atoms with Crippen molar-refractivity contribution in [3.8, 4) is 0 Å². The highest BCUT2D eigenvalue weighted by molar-refractivity contribution is 5.75. The van der Waals surface area contributed by atoms with Crippen molar-refractivity contribution in [1.82, 2.24) is 10.6 Å². The quantitative estimate of drug-likeness (QED) is 0.719. The monoisotopic (exact) mass is 330 g/mol.